The van der Waals surface area contributed by atoms with Crippen LogP contribution in [-0.2, 0) is 9.59 Å². The Morgan fingerprint density at radius 1 is 1.07 bits per heavy atom. The Hall–Kier alpha value is -2.99. The van der Waals surface area contributed by atoms with E-state index in [1.165, 1.54) is 19.1 Å². The Bertz CT molecular complexity index is 984. The number of aliphatic hydroxyl groups is 1. The molecule has 30 heavy (non-hydrogen) atoms. The molecule has 0 spiro atoms. The SMILES string of the molecule is CCCCN1C(=O)C(=O)C(=C(O)c2ccc(Cl)cc2)[C@@H]1c1ccc(OC)c(OC)c1. The number of hydrogen-bond acceptors (Lipinski definition) is 5. The van der Waals surface area contributed by atoms with Crippen molar-refractivity contribution in [1.82, 2.24) is 4.90 Å². The average Bonchev–Trinajstić information content (AvgIpc) is 3.01. The van der Waals surface area contributed by atoms with E-state index in [1.807, 2.05) is 6.92 Å². The minimum Gasteiger partial charge on any atom is -0.507 e. The number of amides is 1. The largest absolute Gasteiger partial charge is 0.507 e. The van der Waals surface area contributed by atoms with Crippen molar-refractivity contribution in [3.8, 4) is 11.5 Å². The smallest absolute Gasteiger partial charge is 0.295 e. The summed E-state index contributed by atoms with van der Waals surface area (Å²) in [5.74, 6) is -0.562. The molecule has 1 aliphatic heterocycles. The lowest BCUT2D eigenvalue weighted by molar-refractivity contribution is -0.139. The number of halogens is 1. The molecule has 2 aromatic carbocycles. The van der Waals surface area contributed by atoms with Gasteiger partial charge in [-0.3, -0.25) is 9.59 Å². The lowest BCUT2D eigenvalue weighted by Gasteiger charge is -2.25. The summed E-state index contributed by atoms with van der Waals surface area (Å²) in [6, 6.07) is 11.0. The van der Waals surface area contributed by atoms with Crippen LogP contribution in [0.3, 0.4) is 0 Å². The summed E-state index contributed by atoms with van der Waals surface area (Å²) >= 11 is 5.94. The molecule has 0 radical (unpaired) electrons. The van der Waals surface area contributed by atoms with Crippen molar-refractivity contribution >= 4 is 29.1 Å². The molecule has 158 valence electrons. The number of hydrogen-bond donors (Lipinski definition) is 1. The first kappa shape index (κ1) is 21.7. The number of carbonyl (C=O) groups is 2. The van der Waals surface area contributed by atoms with Crippen LogP contribution in [0.4, 0.5) is 0 Å². The van der Waals surface area contributed by atoms with Gasteiger partial charge in [-0.25, -0.2) is 0 Å². The molecule has 2 aromatic rings. The molecule has 1 saturated heterocycles. The van der Waals surface area contributed by atoms with Crippen molar-refractivity contribution in [1.29, 1.82) is 0 Å². The monoisotopic (exact) mass is 429 g/mol. The number of ketones is 1. The Morgan fingerprint density at radius 2 is 1.73 bits per heavy atom. The molecule has 0 bridgehead atoms. The van der Waals surface area contributed by atoms with Crippen LogP contribution in [0.2, 0.25) is 5.02 Å². The Balaban J connectivity index is 2.18. The number of ether oxygens (including phenoxy) is 2. The Kier molecular flexibility index (Phi) is 6.67. The van der Waals surface area contributed by atoms with E-state index in [9.17, 15) is 14.7 Å². The molecule has 3 rings (SSSR count). The number of nitrogens with zero attached hydrogens (tertiary/aromatic N) is 1. The minimum absolute atomic E-state index is 0.0469. The molecular weight excluding hydrogens is 406 g/mol. The highest BCUT2D eigenvalue weighted by Crippen LogP contribution is 2.42. The third kappa shape index (κ3) is 4.00. The molecule has 1 fully saturated rings. The van der Waals surface area contributed by atoms with Crippen LogP contribution in [0.5, 0.6) is 11.5 Å². The van der Waals surface area contributed by atoms with Crippen LogP contribution in [0.1, 0.15) is 36.9 Å². The maximum atomic E-state index is 12.9. The predicted molar refractivity (Wildman–Crippen MR) is 115 cm³/mol. The average molecular weight is 430 g/mol. The zero-order valence-corrected chi connectivity index (χ0v) is 17.9. The number of carbonyl (C=O) groups excluding carboxylic acids is 2. The van der Waals surface area contributed by atoms with E-state index in [-0.39, 0.29) is 11.3 Å². The highest BCUT2D eigenvalue weighted by molar-refractivity contribution is 6.46. The van der Waals surface area contributed by atoms with Crippen molar-refractivity contribution in [3.63, 3.8) is 0 Å². The fourth-order valence-corrected chi connectivity index (χ4v) is 3.70. The van der Waals surface area contributed by atoms with Crippen LogP contribution in [0.25, 0.3) is 5.76 Å². The number of unbranched alkanes of at least 4 members (excludes halogenated alkanes) is 1. The van der Waals surface area contributed by atoms with Gasteiger partial charge in [-0.2, -0.15) is 0 Å². The maximum Gasteiger partial charge on any atom is 0.295 e. The van der Waals surface area contributed by atoms with Gasteiger partial charge in [0.15, 0.2) is 11.5 Å². The van der Waals surface area contributed by atoms with E-state index in [0.717, 1.165) is 12.8 Å². The van der Waals surface area contributed by atoms with Gasteiger partial charge < -0.3 is 19.5 Å². The summed E-state index contributed by atoms with van der Waals surface area (Å²) < 4.78 is 10.7. The van der Waals surface area contributed by atoms with Crippen LogP contribution in [0.15, 0.2) is 48.0 Å². The van der Waals surface area contributed by atoms with Gasteiger partial charge in [0, 0.05) is 17.1 Å². The molecule has 6 nitrogen and oxygen atoms in total. The van der Waals surface area contributed by atoms with Crippen molar-refractivity contribution in [2.24, 2.45) is 0 Å². The summed E-state index contributed by atoms with van der Waals surface area (Å²) in [5, 5.41) is 11.5. The lowest BCUT2D eigenvalue weighted by atomic mass is 9.95. The molecule has 1 amide bonds. The molecule has 1 N–H and O–H groups in total. The summed E-state index contributed by atoms with van der Waals surface area (Å²) in [4.78, 5) is 27.3. The van der Waals surface area contributed by atoms with Crippen LogP contribution in [-0.4, -0.2) is 42.5 Å². The predicted octanol–water partition coefficient (Wildman–Crippen LogP) is 4.58. The third-order valence-corrected chi connectivity index (χ3v) is 5.39. The fraction of sp³-hybridized carbons (Fsp3) is 0.304. The van der Waals surface area contributed by atoms with Gasteiger partial charge in [-0.05, 0) is 48.4 Å². The molecule has 1 aliphatic rings. The summed E-state index contributed by atoms with van der Waals surface area (Å²) in [6.07, 6.45) is 1.59. The van der Waals surface area contributed by atoms with Gasteiger partial charge in [0.1, 0.15) is 5.76 Å². The standard InChI is InChI=1S/C23H24ClNO5/c1-4-5-12-25-20(15-8-11-17(29-2)18(13-15)30-3)19(22(27)23(25)28)21(26)14-6-9-16(24)10-7-14/h6-11,13,20,26H,4-5,12H2,1-3H3/t20-/m0/s1. The quantitative estimate of drug-likeness (QED) is 0.396. The van der Waals surface area contributed by atoms with Gasteiger partial charge in [-0.1, -0.05) is 31.0 Å². The molecule has 1 heterocycles. The third-order valence-electron chi connectivity index (χ3n) is 5.13. The molecule has 0 unspecified atom stereocenters. The molecule has 7 heteroatoms. The van der Waals surface area contributed by atoms with Gasteiger partial charge in [0.05, 0.1) is 25.8 Å². The second kappa shape index (κ2) is 9.22. The van der Waals surface area contributed by atoms with Crippen LogP contribution < -0.4 is 9.47 Å². The molecule has 0 saturated carbocycles. The number of likely N-dealkylation sites (tertiary alicyclic amines) is 1. The Morgan fingerprint density at radius 3 is 2.33 bits per heavy atom. The number of Topliss-reactive ketones (excluding diaryl/α,β-unsaturated/α-hetero) is 1. The normalized spacial score (nSPS) is 18.0. The summed E-state index contributed by atoms with van der Waals surface area (Å²) in [7, 11) is 3.05. The van der Waals surface area contributed by atoms with E-state index in [0.29, 0.717) is 34.2 Å². The maximum absolute atomic E-state index is 12.9. The molecular formula is C23H24ClNO5. The van der Waals surface area contributed by atoms with Crippen molar-refractivity contribution in [2.45, 2.75) is 25.8 Å². The fourth-order valence-electron chi connectivity index (χ4n) is 3.57. The van der Waals surface area contributed by atoms with Gasteiger partial charge in [0.25, 0.3) is 11.7 Å². The summed E-state index contributed by atoms with van der Waals surface area (Å²) in [6.45, 7) is 2.41. The van der Waals surface area contributed by atoms with Crippen molar-refractivity contribution < 1.29 is 24.2 Å². The second-order valence-corrected chi connectivity index (χ2v) is 7.40. The first-order valence-corrected chi connectivity index (χ1v) is 10.1. The Labute approximate surface area is 180 Å². The van der Waals surface area contributed by atoms with E-state index in [1.54, 1.807) is 42.5 Å². The van der Waals surface area contributed by atoms with Gasteiger partial charge in [-0.15, -0.1) is 0 Å². The number of rotatable bonds is 7. The van der Waals surface area contributed by atoms with E-state index >= 15 is 0 Å². The van der Waals surface area contributed by atoms with Crippen LogP contribution >= 0.6 is 11.6 Å². The number of benzene rings is 2. The first-order chi connectivity index (χ1) is 14.4. The number of aliphatic hydroxyl groups excluding tert-OH is 1. The van der Waals surface area contributed by atoms with Gasteiger partial charge >= 0.3 is 0 Å². The zero-order valence-electron chi connectivity index (χ0n) is 17.1. The molecule has 0 aliphatic carbocycles. The summed E-state index contributed by atoms with van der Waals surface area (Å²) in [5.41, 5.74) is 1.11. The topological polar surface area (TPSA) is 76.1 Å². The molecule has 1 atom stereocenters. The molecule has 0 aromatic heterocycles. The highest BCUT2D eigenvalue weighted by Gasteiger charge is 2.45. The minimum atomic E-state index is -0.730. The van der Waals surface area contributed by atoms with Crippen molar-refractivity contribution in [2.75, 3.05) is 20.8 Å². The van der Waals surface area contributed by atoms with E-state index in [2.05, 4.69) is 0 Å². The van der Waals surface area contributed by atoms with E-state index in [4.69, 9.17) is 21.1 Å². The number of methoxy groups -OCH3 is 2. The lowest BCUT2D eigenvalue weighted by Crippen LogP contribution is -2.30. The van der Waals surface area contributed by atoms with E-state index < -0.39 is 17.7 Å². The van der Waals surface area contributed by atoms with Crippen LogP contribution in [0, 0.1) is 0 Å². The highest BCUT2D eigenvalue weighted by atomic mass is 35.5. The van der Waals surface area contributed by atoms with Crippen molar-refractivity contribution in [3.05, 3.63) is 64.2 Å². The first-order valence-electron chi connectivity index (χ1n) is 9.69. The van der Waals surface area contributed by atoms with Gasteiger partial charge in [0.2, 0.25) is 0 Å². The zero-order chi connectivity index (χ0) is 21.8. The second-order valence-electron chi connectivity index (χ2n) is 6.97.